The van der Waals surface area contributed by atoms with Crippen LogP contribution in [0.25, 0.3) is 11.1 Å². The molecule has 30 heavy (non-hydrogen) atoms. The summed E-state index contributed by atoms with van der Waals surface area (Å²) in [7, 11) is 0. The van der Waals surface area contributed by atoms with Crippen molar-refractivity contribution in [1.82, 2.24) is 4.98 Å². The van der Waals surface area contributed by atoms with Crippen molar-refractivity contribution in [2.24, 2.45) is 5.73 Å². The van der Waals surface area contributed by atoms with E-state index in [2.05, 4.69) is 15.2 Å². The number of nitrogens with one attached hydrogen (secondary N) is 1. The lowest BCUT2D eigenvalue weighted by atomic mass is 9.90. The molecule has 1 aliphatic heterocycles. The van der Waals surface area contributed by atoms with Crippen molar-refractivity contribution < 1.29 is 9.50 Å². The number of benzene rings is 2. The Labute approximate surface area is 176 Å². The summed E-state index contributed by atoms with van der Waals surface area (Å²) in [6.07, 6.45) is 4.74. The zero-order valence-electron chi connectivity index (χ0n) is 17.1. The van der Waals surface area contributed by atoms with Crippen LogP contribution in [0, 0.1) is 12.7 Å². The molecule has 0 saturated carbocycles. The minimum Gasteiger partial charge on any atom is -0.388 e. The number of aliphatic hydroxyl groups is 1. The molecule has 0 radical (unpaired) electrons. The Morgan fingerprint density at radius 1 is 1.13 bits per heavy atom. The van der Waals surface area contributed by atoms with Crippen LogP contribution in [0.4, 0.5) is 21.5 Å². The number of rotatable bonds is 5. The fraction of sp³-hybridized carbons (Fsp3) is 0.292. The standard InChI is InChI=1S/C24H27FN4O/c1-17-11-18(13-19(25)12-17)21-14-27-15-22(28-20-5-3-2-4-6-20)23(21)29-9-7-24(30,16-26)8-10-29/h2-6,11-15,28,30H,7-10,16,26H2,1H3. The number of pyridine rings is 1. The van der Waals surface area contributed by atoms with E-state index in [9.17, 15) is 9.50 Å². The molecule has 0 unspecified atom stereocenters. The van der Waals surface area contributed by atoms with Crippen LogP contribution in [0.2, 0.25) is 0 Å². The summed E-state index contributed by atoms with van der Waals surface area (Å²) in [5.41, 5.74) is 10.2. The Morgan fingerprint density at radius 3 is 2.53 bits per heavy atom. The van der Waals surface area contributed by atoms with Crippen LogP contribution < -0.4 is 16.0 Å². The van der Waals surface area contributed by atoms with Gasteiger partial charge in [0, 0.05) is 37.1 Å². The molecule has 156 valence electrons. The summed E-state index contributed by atoms with van der Waals surface area (Å²) in [6.45, 7) is 3.45. The van der Waals surface area contributed by atoms with Crippen molar-refractivity contribution >= 4 is 17.1 Å². The van der Waals surface area contributed by atoms with Crippen LogP contribution >= 0.6 is 0 Å². The zero-order valence-corrected chi connectivity index (χ0v) is 17.1. The molecule has 4 N–H and O–H groups in total. The van der Waals surface area contributed by atoms with E-state index in [1.165, 1.54) is 6.07 Å². The average molecular weight is 407 g/mol. The molecule has 2 heterocycles. The van der Waals surface area contributed by atoms with E-state index in [-0.39, 0.29) is 12.4 Å². The molecule has 2 aromatic carbocycles. The maximum absolute atomic E-state index is 14.2. The second kappa shape index (κ2) is 8.42. The molecule has 0 aliphatic carbocycles. The molecule has 5 nitrogen and oxygen atoms in total. The molecule has 1 saturated heterocycles. The third kappa shape index (κ3) is 4.30. The summed E-state index contributed by atoms with van der Waals surface area (Å²) >= 11 is 0. The van der Waals surface area contributed by atoms with Gasteiger partial charge in [-0.05, 0) is 55.2 Å². The largest absolute Gasteiger partial charge is 0.388 e. The summed E-state index contributed by atoms with van der Waals surface area (Å²) in [5.74, 6) is -0.270. The van der Waals surface area contributed by atoms with Crippen LogP contribution in [0.15, 0.2) is 60.9 Å². The number of anilines is 3. The monoisotopic (exact) mass is 406 g/mol. The summed E-state index contributed by atoms with van der Waals surface area (Å²) in [4.78, 5) is 6.66. The van der Waals surface area contributed by atoms with E-state index < -0.39 is 5.60 Å². The third-order valence-corrected chi connectivity index (χ3v) is 5.71. The Balaban J connectivity index is 1.79. The molecular formula is C24H27FN4O. The van der Waals surface area contributed by atoms with Gasteiger partial charge in [-0.15, -0.1) is 0 Å². The first-order valence-corrected chi connectivity index (χ1v) is 10.2. The Kier molecular flexibility index (Phi) is 5.70. The maximum Gasteiger partial charge on any atom is 0.124 e. The van der Waals surface area contributed by atoms with Gasteiger partial charge in [0.15, 0.2) is 0 Å². The fourth-order valence-electron chi connectivity index (χ4n) is 4.02. The van der Waals surface area contributed by atoms with Crippen LogP contribution in [0.1, 0.15) is 18.4 Å². The Bertz CT molecular complexity index is 997. The Morgan fingerprint density at radius 2 is 1.87 bits per heavy atom. The van der Waals surface area contributed by atoms with Crippen molar-refractivity contribution in [3.63, 3.8) is 0 Å². The van der Waals surface area contributed by atoms with Gasteiger partial charge < -0.3 is 21.1 Å². The van der Waals surface area contributed by atoms with Gasteiger partial charge in [0.1, 0.15) is 5.82 Å². The number of nitrogens with two attached hydrogens (primary N) is 1. The highest BCUT2D eigenvalue weighted by molar-refractivity contribution is 5.89. The van der Waals surface area contributed by atoms with Gasteiger partial charge >= 0.3 is 0 Å². The first-order chi connectivity index (χ1) is 14.5. The number of aryl methyl sites for hydroxylation is 1. The first-order valence-electron chi connectivity index (χ1n) is 10.2. The number of nitrogens with zero attached hydrogens (tertiary/aromatic N) is 2. The van der Waals surface area contributed by atoms with E-state index in [1.807, 2.05) is 43.3 Å². The number of para-hydroxylation sites is 1. The molecule has 1 fully saturated rings. The lowest BCUT2D eigenvalue weighted by Crippen LogP contribution is -2.49. The Hall–Kier alpha value is -2.96. The number of halogens is 1. The minimum atomic E-state index is -0.827. The van der Waals surface area contributed by atoms with E-state index >= 15 is 0 Å². The second-order valence-corrected chi connectivity index (χ2v) is 8.01. The summed E-state index contributed by atoms with van der Waals surface area (Å²) in [5, 5.41) is 14.0. The lowest BCUT2D eigenvalue weighted by Gasteiger charge is -2.40. The molecule has 1 aromatic heterocycles. The fourth-order valence-corrected chi connectivity index (χ4v) is 4.02. The molecule has 4 rings (SSSR count). The van der Waals surface area contributed by atoms with E-state index in [4.69, 9.17) is 5.73 Å². The molecule has 3 aromatic rings. The smallest absolute Gasteiger partial charge is 0.124 e. The van der Waals surface area contributed by atoms with Crippen LogP contribution in [0.3, 0.4) is 0 Å². The molecule has 0 atom stereocenters. The first kappa shape index (κ1) is 20.3. The van der Waals surface area contributed by atoms with E-state index in [1.54, 1.807) is 18.5 Å². The number of hydrogen-bond donors (Lipinski definition) is 3. The lowest BCUT2D eigenvalue weighted by molar-refractivity contribution is 0.0250. The molecule has 6 heteroatoms. The highest BCUT2D eigenvalue weighted by Crippen LogP contribution is 2.40. The van der Waals surface area contributed by atoms with Gasteiger partial charge in [0.25, 0.3) is 0 Å². The van der Waals surface area contributed by atoms with Gasteiger partial charge in [-0.1, -0.05) is 24.3 Å². The second-order valence-electron chi connectivity index (χ2n) is 8.01. The molecular weight excluding hydrogens is 379 g/mol. The van der Waals surface area contributed by atoms with Gasteiger partial charge in [0.05, 0.1) is 23.2 Å². The number of piperidine rings is 1. The van der Waals surface area contributed by atoms with Crippen molar-refractivity contribution in [2.75, 3.05) is 29.9 Å². The highest BCUT2D eigenvalue weighted by atomic mass is 19.1. The maximum atomic E-state index is 14.2. The zero-order chi connectivity index (χ0) is 21.1. The molecule has 0 amide bonds. The molecule has 0 spiro atoms. The SMILES string of the molecule is Cc1cc(F)cc(-c2cncc(Nc3ccccc3)c2N2CCC(O)(CN)CC2)c1. The van der Waals surface area contributed by atoms with Crippen LogP contribution in [0.5, 0.6) is 0 Å². The van der Waals surface area contributed by atoms with E-state index in [0.717, 1.165) is 33.8 Å². The predicted molar refractivity (Wildman–Crippen MR) is 120 cm³/mol. The summed E-state index contributed by atoms with van der Waals surface area (Å²) in [6, 6.07) is 14.9. The number of hydrogen-bond acceptors (Lipinski definition) is 5. The topological polar surface area (TPSA) is 74.4 Å². The normalized spacial score (nSPS) is 15.8. The van der Waals surface area contributed by atoms with Crippen LogP contribution in [-0.2, 0) is 0 Å². The van der Waals surface area contributed by atoms with Gasteiger partial charge in [-0.3, -0.25) is 4.98 Å². The quantitative estimate of drug-likeness (QED) is 0.591. The van der Waals surface area contributed by atoms with Crippen molar-refractivity contribution in [1.29, 1.82) is 0 Å². The predicted octanol–water partition coefficient (Wildman–Crippen LogP) is 4.23. The van der Waals surface area contributed by atoms with Gasteiger partial charge in [-0.25, -0.2) is 4.39 Å². The minimum absolute atomic E-state index is 0.252. The highest BCUT2D eigenvalue weighted by Gasteiger charge is 2.32. The van der Waals surface area contributed by atoms with Gasteiger partial charge in [0.2, 0.25) is 0 Å². The number of aromatic nitrogens is 1. The van der Waals surface area contributed by atoms with Crippen molar-refractivity contribution in [3.8, 4) is 11.1 Å². The van der Waals surface area contributed by atoms with Crippen LogP contribution in [-0.4, -0.2) is 35.3 Å². The average Bonchev–Trinajstić information content (AvgIpc) is 2.74. The molecule has 1 aliphatic rings. The third-order valence-electron chi connectivity index (χ3n) is 5.71. The van der Waals surface area contributed by atoms with E-state index in [0.29, 0.717) is 25.9 Å². The summed E-state index contributed by atoms with van der Waals surface area (Å²) < 4.78 is 14.2. The van der Waals surface area contributed by atoms with Crippen molar-refractivity contribution in [3.05, 3.63) is 72.3 Å². The van der Waals surface area contributed by atoms with Gasteiger partial charge in [-0.2, -0.15) is 0 Å². The molecule has 0 bridgehead atoms. The van der Waals surface area contributed by atoms with Crippen molar-refractivity contribution in [2.45, 2.75) is 25.4 Å².